The van der Waals surface area contributed by atoms with Gasteiger partial charge in [-0.05, 0) is 24.1 Å². The number of rotatable bonds is 0. The third kappa shape index (κ3) is 3.05. The number of carbonyl (C=O) groups is 2. The van der Waals surface area contributed by atoms with Crippen molar-refractivity contribution in [2.75, 3.05) is 19.6 Å². The van der Waals surface area contributed by atoms with Crippen molar-refractivity contribution in [3.8, 4) is 0 Å². The molecule has 1 atom stereocenters. The zero-order chi connectivity index (χ0) is 18.6. The molecule has 2 aliphatic heterocycles. The van der Waals surface area contributed by atoms with E-state index in [0.29, 0.717) is 4.90 Å². The number of halogens is 6. The van der Waals surface area contributed by atoms with Crippen LogP contribution in [0.1, 0.15) is 21.5 Å². The first kappa shape index (κ1) is 17.6. The molecule has 1 aromatic carbocycles. The maximum atomic E-state index is 13.1. The minimum atomic E-state index is -5.06. The molecule has 10 heteroatoms. The molecule has 2 heterocycles. The average molecular weight is 366 g/mol. The van der Waals surface area contributed by atoms with Crippen LogP contribution in [0.4, 0.5) is 26.3 Å². The number of hydrogen-bond donors (Lipinski definition) is 0. The van der Waals surface area contributed by atoms with Gasteiger partial charge in [-0.1, -0.05) is 6.07 Å². The summed E-state index contributed by atoms with van der Waals surface area (Å²) in [6.07, 6.45) is -9.99. The van der Waals surface area contributed by atoms with Gasteiger partial charge >= 0.3 is 18.3 Å². The molecule has 1 aromatic rings. The molecule has 2 amide bonds. The Hall–Kier alpha value is -2.26. The minimum Gasteiger partial charge on any atom is -0.332 e. The highest BCUT2D eigenvalue weighted by Crippen LogP contribution is 2.37. The van der Waals surface area contributed by atoms with Gasteiger partial charge in [0.15, 0.2) is 0 Å². The Morgan fingerprint density at radius 2 is 1.76 bits per heavy atom. The predicted octanol–water partition coefficient (Wildman–Crippen LogP) is 2.48. The van der Waals surface area contributed by atoms with Gasteiger partial charge in [0.05, 0.1) is 11.6 Å². The van der Waals surface area contributed by atoms with E-state index in [0.717, 1.165) is 12.1 Å². The zero-order valence-electron chi connectivity index (χ0n) is 12.6. The molecular formula is C15H12F6N2O2. The summed E-state index contributed by atoms with van der Waals surface area (Å²) in [5.74, 6) is -2.70. The summed E-state index contributed by atoms with van der Waals surface area (Å²) in [6, 6.07) is 2.33. The molecule has 4 nitrogen and oxygen atoms in total. The van der Waals surface area contributed by atoms with Crippen LogP contribution in [0.3, 0.4) is 0 Å². The average Bonchev–Trinajstić information content (AvgIpc) is 2.51. The van der Waals surface area contributed by atoms with Gasteiger partial charge in [-0.2, -0.15) is 26.3 Å². The van der Waals surface area contributed by atoms with Gasteiger partial charge in [-0.3, -0.25) is 9.59 Å². The molecular weight excluding hydrogens is 354 g/mol. The summed E-state index contributed by atoms with van der Waals surface area (Å²) >= 11 is 0. The van der Waals surface area contributed by atoms with Crippen molar-refractivity contribution in [3.05, 3.63) is 34.9 Å². The van der Waals surface area contributed by atoms with Crippen molar-refractivity contribution in [2.45, 2.75) is 24.8 Å². The summed E-state index contributed by atoms with van der Waals surface area (Å²) in [5, 5.41) is 0. The Balaban J connectivity index is 1.93. The van der Waals surface area contributed by atoms with E-state index in [-0.39, 0.29) is 30.6 Å². The maximum Gasteiger partial charge on any atom is 0.471 e. The van der Waals surface area contributed by atoms with Crippen molar-refractivity contribution < 1.29 is 35.9 Å². The quantitative estimate of drug-likeness (QED) is 0.662. The molecule has 0 aromatic heterocycles. The van der Waals surface area contributed by atoms with Crippen LogP contribution in [-0.4, -0.2) is 53.5 Å². The van der Waals surface area contributed by atoms with Crippen molar-refractivity contribution >= 4 is 11.8 Å². The first-order valence-electron chi connectivity index (χ1n) is 7.36. The molecule has 1 fully saturated rings. The number of carbonyl (C=O) groups excluding carboxylic acids is 2. The zero-order valence-corrected chi connectivity index (χ0v) is 12.6. The van der Waals surface area contributed by atoms with Crippen LogP contribution in [0.15, 0.2) is 18.2 Å². The highest BCUT2D eigenvalue weighted by atomic mass is 19.4. The van der Waals surface area contributed by atoms with Crippen molar-refractivity contribution in [2.24, 2.45) is 0 Å². The molecule has 1 saturated heterocycles. The Bertz CT molecular complexity index is 728. The summed E-state index contributed by atoms with van der Waals surface area (Å²) in [6.45, 7) is -0.911. The molecule has 0 saturated carbocycles. The lowest BCUT2D eigenvalue weighted by Gasteiger charge is -2.44. The number of alkyl halides is 6. The maximum absolute atomic E-state index is 13.1. The number of amides is 2. The number of nitrogens with zero attached hydrogens (tertiary/aromatic N) is 2. The fourth-order valence-electron chi connectivity index (χ4n) is 3.32. The van der Waals surface area contributed by atoms with Crippen LogP contribution in [0, 0.1) is 0 Å². The van der Waals surface area contributed by atoms with E-state index in [2.05, 4.69) is 0 Å². The van der Waals surface area contributed by atoms with Crippen molar-refractivity contribution in [1.82, 2.24) is 9.80 Å². The Morgan fingerprint density at radius 1 is 1.08 bits per heavy atom. The summed E-state index contributed by atoms with van der Waals surface area (Å²) in [5.41, 5.74) is -1.30. The van der Waals surface area contributed by atoms with E-state index in [1.165, 1.54) is 11.0 Å². The van der Waals surface area contributed by atoms with Gasteiger partial charge in [0.1, 0.15) is 0 Å². The van der Waals surface area contributed by atoms with Gasteiger partial charge in [-0.15, -0.1) is 0 Å². The SMILES string of the molecule is O=C1c2cccc(C(F)(F)F)c2C[C@@H]2CN(C(=O)C(F)(F)F)CCN12. The van der Waals surface area contributed by atoms with Crippen LogP contribution in [0.5, 0.6) is 0 Å². The number of benzene rings is 1. The molecule has 25 heavy (non-hydrogen) atoms. The lowest BCUT2D eigenvalue weighted by Crippen LogP contribution is -2.60. The molecule has 0 radical (unpaired) electrons. The molecule has 0 unspecified atom stereocenters. The van der Waals surface area contributed by atoms with E-state index >= 15 is 0 Å². The van der Waals surface area contributed by atoms with E-state index in [4.69, 9.17) is 0 Å². The molecule has 0 bridgehead atoms. The van der Waals surface area contributed by atoms with Crippen LogP contribution < -0.4 is 0 Å². The first-order chi connectivity index (χ1) is 11.5. The second kappa shape index (κ2) is 5.63. The van der Waals surface area contributed by atoms with Gasteiger partial charge in [-0.25, -0.2) is 0 Å². The highest BCUT2D eigenvalue weighted by molar-refractivity contribution is 5.97. The molecule has 0 N–H and O–H groups in total. The van der Waals surface area contributed by atoms with Gasteiger partial charge in [0.2, 0.25) is 0 Å². The Labute approximate surface area is 138 Å². The van der Waals surface area contributed by atoms with E-state index < -0.39 is 42.3 Å². The van der Waals surface area contributed by atoms with Crippen molar-refractivity contribution in [1.29, 1.82) is 0 Å². The van der Waals surface area contributed by atoms with Crippen molar-refractivity contribution in [3.63, 3.8) is 0 Å². The Kier molecular flexibility index (Phi) is 3.96. The van der Waals surface area contributed by atoms with Crippen LogP contribution in [-0.2, 0) is 17.4 Å². The number of hydrogen-bond acceptors (Lipinski definition) is 2. The lowest BCUT2D eigenvalue weighted by atomic mass is 9.88. The monoisotopic (exact) mass is 366 g/mol. The third-order valence-electron chi connectivity index (χ3n) is 4.42. The smallest absolute Gasteiger partial charge is 0.332 e. The standard InChI is InChI=1S/C15H12F6N2O2/c16-14(17,18)11-3-1-2-9-10(11)6-8-7-22(13(25)15(19,20)21)4-5-23(8)12(9)24/h1-3,8H,4-7H2/t8-/m1/s1. The molecule has 0 spiro atoms. The summed E-state index contributed by atoms with van der Waals surface area (Å²) < 4.78 is 77.2. The van der Waals surface area contributed by atoms with Gasteiger partial charge in [0.25, 0.3) is 5.91 Å². The van der Waals surface area contributed by atoms with Crippen LogP contribution in [0.25, 0.3) is 0 Å². The van der Waals surface area contributed by atoms with Crippen LogP contribution >= 0.6 is 0 Å². The van der Waals surface area contributed by atoms with E-state index in [1.54, 1.807) is 0 Å². The van der Waals surface area contributed by atoms with E-state index in [9.17, 15) is 35.9 Å². The minimum absolute atomic E-state index is 0.0957. The summed E-state index contributed by atoms with van der Waals surface area (Å²) in [4.78, 5) is 25.6. The predicted molar refractivity (Wildman–Crippen MR) is 72.6 cm³/mol. The second-order valence-corrected chi connectivity index (χ2v) is 5.93. The molecule has 0 aliphatic carbocycles. The lowest BCUT2D eigenvalue weighted by molar-refractivity contribution is -0.187. The fourth-order valence-corrected chi connectivity index (χ4v) is 3.32. The highest BCUT2D eigenvalue weighted by Gasteiger charge is 2.47. The van der Waals surface area contributed by atoms with Gasteiger partial charge < -0.3 is 9.80 Å². The van der Waals surface area contributed by atoms with Crippen LogP contribution in [0.2, 0.25) is 0 Å². The first-order valence-corrected chi connectivity index (χ1v) is 7.36. The second-order valence-electron chi connectivity index (χ2n) is 5.93. The molecule has 3 rings (SSSR count). The van der Waals surface area contributed by atoms with Gasteiger partial charge in [0, 0.05) is 25.2 Å². The molecule has 136 valence electrons. The Morgan fingerprint density at radius 3 is 2.36 bits per heavy atom. The number of fused-ring (bicyclic) bond motifs is 2. The van der Waals surface area contributed by atoms with E-state index in [1.807, 2.05) is 0 Å². The number of piperazine rings is 1. The molecule has 2 aliphatic rings. The largest absolute Gasteiger partial charge is 0.471 e. The normalized spacial score (nSPS) is 21.0. The fraction of sp³-hybridized carbons (Fsp3) is 0.467. The summed E-state index contributed by atoms with van der Waals surface area (Å²) in [7, 11) is 0. The topological polar surface area (TPSA) is 40.6 Å². The third-order valence-corrected chi connectivity index (χ3v) is 4.42.